The van der Waals surface area contributed by atoms with Gasteiger partial charge in [0, 0.05) is 37.1 Å². The molecule has 3 aromatic carbocycles. The summed E-state index contributed by atoms with van der Waals surface area (Å²) in [7, 11) is -1.63. The van der Waals surface area contributed by atoms with Crippen molar-refractivity contribution in [3.05, 3.63) is 101 Å². The van der Waals surface area contributed by atoms with Gasteiger partial charge in [-0.25, -0.2) is 8.42 Å². The average molecular weight is 450 g/mol. The summed E-state index contributed by atoms with van der Waals surface area (Å²) in [5, 5.41) is 4.02. The minimum absolute atomic E-state index is 0.189. The average Bonchev–Trinajstić information content (AvgIpc) is 2.82. The molecule has 0 aromatic heterocycles. The predicted octanol–water partition coefficient (Wildman–Crippen LogP) is 4.36. The monoisotopic (exact) mass is 449 g/mol. The van der Waals surface area contributed by atoms with Gasteiger partial charge in [-0.05, 0) is 54.5 Å². The fraction of sp³-hybridized carbons (Fsp3) is 0.160. The van der Waals surface area contributed by atoms with E-state index < -0.39 is 10.0 Å². The minimum atomic E-state index is -3.65. The largest absolute Gasteiger partial charge is 0.375 e. The van der Waals surface area contributed by atoms with Gasteiger partial charge in [0.2, 0.25) is 0 Å². The van der Waals surface area contributed by atoms with Gasteiger partial charge >= 0.3 is 0 Å². The minimum Gasteiger partial charge on any atom is -0.375 e. The SMILES string of the molecule is CN(CCCNC(=O)c1ccc(NS(=O)(=O)C=Cc2ccccc2)cc1)c1ccccc1. The number of para-hydroxylation sites is 1. The molecular formula is C25H27N3O3S. The topological polar surface area (TPSA) is 78.5 Å². The van der Waals surface area contributed by atoms with E-state index in [9.17, 15) is 13.2 Å². The Kier molecular flexibility index (Phi) is 8.05. The van der Waals surface area contributed by atoms with Gasteiger partial charge in [0.1, 0.15) is 0 Å². The van der Waals surface area contributed by atoms with Gasteiger partial charge in [0.15, 0.2) is 0 Å². The van der Waals surface area contributed by atoms with Crippen molar-refractivity contribution >= 4 is 33.4 Å². The molecule has 0 bridgehead atoms. The highest BCUT2D eigenvalue weighted by molar-refractivity contribution is 7.95. The summed E-state index contributed by atoms with van der Waals surface area (Å²) >= 11 is 0. The van der Waals surface area contributed by atoms with E-state index in [0.717, 1.165) is 29.6 Å². The molecular weight excluding hydrogens is 422 g/mol. The highest BCUT2D eigenvalue weighted by atomic mass is 32.2. The van der Waals surface area contributed by atoms with Gasteiger partial charge in [-0.1, -0.05) is 48.5 Å². The van der Waals surface area contributed by atoms with Crippen LogP contribution in [0.3, 0.4) is 0 Å². The number of rotatable bonds is 10. The maximum absolute atomic E-state index is 12.3. The Hall–Kier alpha value is -3.58. The lowest BCUT2D eigenvalue weighted by Crippen LogP contribution is -2.28. The molecule has 2 N–H and O–H groups in total. The van der Waals surface area contributed by atoms with Crippen molar-refractivity contribution in [2.24, 2.45) is 0 Å². The fourth-order valence-corrected chi connectivity index (χ4v) is 3.92. The number of nitrogens with zero attached hydrogens (tertiary/aromatic N) is 1. The number of sulfonamides is 1. The summed E-state index contributed by atoms with van der Waals surface area (Å²) in [6, 6.07) is 25.6. The molecule has 0 saturated carbocycles. The highest BCUT2D eigenvalue weighted by Crippen LogP contribution is 2.14. The molecule has 0 spiro atoms. The third-order valence-electron chi connectivity index (χ3n) is 4.80. The number of amides is 1. The van der Waals surface area contributed by atoms with Crippen molar-refractivity contribution < 1.29 is 13.2 Å². The van der Waals surface area contributed by atoms with Crippen LogP contribution in [-0.4, -0.2) is 34.5 Å². The van der Waals surface area contributed by atoms with Crippen LogP contribution in [0.15, 0.2) is 90.3 Å². The lowest BCUT2D eigenvalue weighted by Gasteiger charge is -2.19. The van der Waals surface area contributed by atoms with Crippen molar-refractivity contribution in [3.8, 4) is 0 Å². The van der Waals surface area contributed by atoms with Gasteiger partial charge in [-0.2, -0.15) is 0 Å². The second-order valence-corrected chi connectivity index (χ2v) is 8.87. The molecule has 0 aliphatic rings. The first-order chi connectivity index (χ1) is 15.4. The van der Waals surface area contributed by atoms with Gasteiger partial charge in [0.25, 0.3) is 15.9 Å². The normalized spacial score (nSPS) is 11.3. The van der Waals surface area contributed by atoms with Gasteiger partial charge in [-0.15, -0.1) is 0 Å². The Morgan fingerprint density at radius 1 is 0.906 bits per heavy atom. The lowest BCUT2D eigenvalue weighted by atomic mass is 10.2. The molecule has 0 radical (unpaired) electrons. The fourth-order valence-electron chi connectivity index (χ4n) is 3.05. The summed E-state index contributed by atoms with van der Waals surface area (Å²) in [6.07, 6.45) is 2.34. The summed E-state index contributed by atoms with van der Waals surface area (Å²) in [4.78, 5) is 14.5. The molecule has 0 atom stereocenters. The van der Waals surface area contributed by atoms with E-state index in [2.05, 4.69) is 14.9 Å². The molecule has 0 saturated heterocycles. The third kappa shape index (κ3) is 7.28. The summed E-state index contributed by atoms with van der Waals surface area (Å²) in [6.45, 7) is 1.37. The first-order valence-electron chi connectivity index (χ1n) is 10.3. The van der Waals surface area contributed by atoms with E-state index in [1.807, 2.05) is 67.7 Å². The van der Waals surface area contributed by atoms with Crippen LogP contribution in [0.1, 0.15) is 22.3 Å². The number of benzene rings is 3. The molecule has 7 heteroatoms. The van der Waals surface area contributed by atoms with Crippen molar-refractivity contribution in [1.82, 2.24) is 5.32 Å². The van der Waals surface area contributed by atoms with E-state index in [1.165, 1.54) is 6.08 Å². The standard InChI is InChI=1S/C25H27N3O3S/c1-28(24-11-6-3-7-12-24)19-8-18-26-25(29)22-13-15-23(16-14-22)27-32(30,31)20-17-21-9-4-2-5-10-21/h2-7,9-17,20,27H,8,18-19H2,1H3,(H,26,29). The van der Waals surface area contributed by atoms with E-state index in [4.69, 9.17) is 0 Å². The van der Waals surface area contributed by atoms with E-state index in [0.29, 0.717) is 17.8 Å². The maximum atomic E-state index is 12.3. The molecule has 6 nitrogen and oxygen atoms in total. The lowest BCUT2D eigenvalue weighted by molar-refractivity contribution is 0.0953. The first kappa shape index (κ1) is 23.1. The van der Waals surface area contributed by atoms with Crippen LogP contribution in [0.2, 0.25) is 0 Å². The second-order valence-electron chi connectivity index (χ2n) is 7.30. The summed E-state index contributed by atoms with van der Waals surface area (Å²) in [5.41, 5.74) is 2.79. The molecule has 166 valence electrons. The van der Waals surface area contributed by atoms with Crippen LogP contribution >= 0.6 is 0 Å². The van der Waals surface area contributed by atoms with Crippen LogP contribution in [0.25, 0.3) is 6.08 Å². The molecule has 3 aromatic rings. The Labute approximate surface area is 189 Å². The molecule has 0 aliphatic carbocycles. The summed E-state index contributed by atoms with van der Waals surface area (Å²) in [5.74, 6) is -0.189. The zero-order valence-electron chi connectivity index (χ0n) is 17.9. The van der Waals surface area contributed by atoms with Crippen molar-refractivity contribution in [2.75, 3.05) is 29.8 Å². The van der Waals surface area contributed by atoms with Gasteiger partial charge in [-0.3, -0.25) is 9.52 Å². The van der Waals surface area contributed by atoms with Crippen molar-refractivity contribution in [2.45, 2.75) is 6.42 Å². The number of nitrogens with one attached hydrogen (secondary N) is 2. The number of hydrogen-bond donors (Lipinski definition) is 2. The number of carbonyl (C=O) groups excluding carboxylic acids is 1. The van der Waals surface area contributed by atoms with Gasteiger partial charge in [0.05, 0.1) is 5.41 Å². The van der Waals surface area contributed by atoms with E-state index in [1.54, 1.807) is 24.3 Å². The molecule has 1 amide bonds. The van der Waals surface area contributed by atoms with E-state index >= 15 is 0 Å². The smallest absolute Gasteiger partial charge is 0.255 e. The number of anilines is 2. The van der Waals surface area contributed by atoms with Crippen LogP contribution < -0.4 is 14.9 Å². The molecule has 0 unspecified atom stereocenters. The molecule has 32 heavy (non-hydrogen) atoms. The Morgan fingerprint density at radius 3 is 2.19 bits per heavy atom. The zero-order chi connectivity index (χ0) is 22.8. The van der Waals surface area contributed by atoms with E-state index in [-0.39, 0.29) is 5.91 Å². The quantitative estimate of drug-likeness (QED) is 0.451. The predicted molar refractivity (Wildman–Crippen MR) is 131 cm³/mol. The first-order valence-corrected chi connectivity index (χ1v) is 11.9. The molecule has 0 heterocycles. The van der Waals surface area contributed by atoms with Crippen LogP contribution in [-0.2, 0) is 10.0 Å². The molecule has 0 aliphatic heterocycles. The van der Waals surface area contributed by atoms with Crippen LogP contribution in [0.5, 0.6) is 0 Å². The van der Waals surface area contributed by atoms with Crippen LogP contribution in [0.4, 0.5) is 11.4 Å². The van der Waals surface area contributed by atoms with Crippen LogP contribution in [0, 0.1) is 0 Å². The number of hydrogen-bond acceptors (Lipinski definition) is 4. The Bertz CT molecular complexity index is 1130. The Morgan fingerprint density at radius 2 is 1.53 bits per heavy atom. The zero-order valence-corrected chi connectivity index (χ0v) is 18.8. The Balaban J connectivity index is 1.46. The second kappa shape index (κ2) is 11.2. The highest BCUT2D eigenvalue weighted by Gasteiger charge is 2.09. The maximum Gasteiger partial charge on any atom is 0.255 e. The van der Waals surface area contributed by atoms with Crippen molar-refractivity contribution in [3.63, 3.8) is 0 Å². The molecule has 3 rings (SSSR count). The van der Waals surface area contributed by atoms with Gasteiger partial charge < -0.3 is 10.2 Å². The molecule has 0 fully saturated rings. The third-order valence-corrected chi connectivity index (χ3v) is 5.81. The summed E-state index contributed by atoms with van der Waals surface area (Å²) < 4.78 is 27.0. The number of carbonyl (C=O) groups is 1. The van der Waals surface area contributed by atoms with Crippen molar-refractivity contribution in [1.29, 1.82) is 0 Å².